The molecule has 7 heteroatoms. The maximum absolute atomic E-state index is 11.6. The molecule has 20 heavy (non-hydrogen) atoms. The summed E-state index contributed by atoms with van der Waals surface area (Å²) in [5, 5.41) is 15.5. The molecular formula is C13H17N3O4. The van der Waals surface area contributed by atoms with Crippen molar-refractivity contribution in [3.63, 3.8) is 0 Å². The zero-order valence-electron chi connectivity index (χ0n) is 11.3. The minimum Gasteiger partial charge on any atom is -0.480 e. The van der Waals surface area contributed by atoms with Crippen LogP contribution in [-0.2, 0) is 9.59 Å². The van der Waals surface area contributed by atoms with Crippen molar-refractivity contribution in [1.82, 2.24) is 10.6 Å². The summed E-state index contributed by atoms with van der Waals surface area (Å²) in [6.07, 6.45) is 0. The molecule has 4 N–H and O–H groups in total. The lowest BCUT2D eigenvalue weighted by Crippen LogP contribution is -2.40. The molecule has 0 spiro atoms. The Morgan fingerprint density at radius 3 is 2.45 bits per heavy atom. The number of carbonyl (C=O) groups excluding carboxylic acids is 2. The van der Waals surface area contributed by atoms with Gasteiger partial charge in [-0.05, 0) is 31.0 Å². The van der Waals surface area contributed by atoms with Crippen LogP contribution in [0.25, 0.3) is 0 Å². The average molecular weight is 279 g/mol. The van der Waals surface area contributed by atoms with Crippen molar-refractivity contribution in [3.05, 3.63) is 29.3 Å². The predicted octanol–water partition coefficient (Wildman–Crippen LogP) is 0.626. The number of aryl methyl sites for hydroxylation is 1. The van der Waals surface area contributed by atoms with Crippen molar-refractivity contribution in [2.75, 3.05) is 18.4 Å². The Labute approximate surface area is 116 Å². The number of carboxylic acid groups (broad SMARTS) is 1. The number of nitrogens with one attached hydrogen (secondary N) is 3. The van der Waals surface area contributed by atoms with E-state index < -0.39 is 24.5 Å². The molecule has 108 valence electrons. The van der Waals surface area contributed by atoms with Crippen LogP contribution in [0.3, 0.4) is 0 Å². The molecule has 1 rings (SSSR count). The van der Waals surface area contributed by atoms with Crippen molar-refractivity contribution in [2.24, 2.45) is 0 Å². The Hall–Kier alpha value is -2.57. The highest BCUT2D eigenvalue weighted by atomic mass is 16.4. The van der Waals surface area contributed by atoms with E-state index in [1.54, 1.807) is 6.07 Å². The summed E-state index contributed by atoms with van der Waals surface area (Å²) in [5.74, 6) is -1.71. The van der Waals surface area contributed by atoms with Crippen molar-refractivity contribution in [2.45, 2.75) is 13.8 Å². The summed E-state index contributed by atoms with van der Waals surface area (Å²) in [7, 11) is 0. The first-order valence-electron chi connectivity index (χ1n) is 5.99. The molecule has 1 aromatic rings. The fraction of sp³-hybridized carbons (Fsp3) is 0.308. The molecule has 0 saturated heterocycles. The first-order chi connectivity index (χ1) is 9.40. The van der Waals surface area contributed by atoms with Gasteiger partial charge in [0.15, 0.2) is 0 Å². The molecule has 0 saturated carbocycles. The number of amides is 3. The number of carboxylic acids is 1. The maximum atomic E-state index is 11.6. The number of hydrogen-bond acceptors (Lipinski definition) is 3. The molecule has 0 aromatic heterocycles. The second-order valence-corrected chi connectivity index (χ2v) is 4.23. The van der Waals surface area contributed by atoms with Crippen LogP contribution in [-0.4, -0.2) is 36.1 Å². The Morgan fingerprint density at radius 2 is 1.80 bits per heavy atom. The SMILES string of the molecule is Cc1cccc(NC(=O)NCC(=O)NCC(=O)O)c1C. The van der Waals surface area contributed by atoms with Gasteiger partial charge in [0, 0.05) is 5.69 Å². The first-order valence-corrected chi connectivity index (χ1v) is 5.99. The molecule has 1 aromatic carbocycles. The van der Waals surface area contributed by atoms with Crippen LogP contribution in [0.5, 0.6) is 0 Å². The van der Waals surface area contributed by atoms with Gasteiger partial charge in [-0.2, -0.15) is 0 Å². The van der Waals surface area contributed by atoms with E-state index in [0.717, 1.165) is 11.1 Å². The smallest absolute Gasteiger partial charge is 0.322 e. The predicted molar refractivity (Wildman–Crippen MR) is 73.6 cm³/mol. The van der Waals surface area contributed by atoms with Crippen molar-refractivity contribution in [1.29, 1.82) is 0 Å². The zero-order valence-corrected chi connectivity index (χ0v) is 11.3. The molecule has 0 heterocycles. The second-order valence-electron chi connectivity index (χ2n) is 4.23. The van der Waals surface area contributed by atoms with Crippen LogP contribution in [0.1, 0.15) is 11.1 Å². The average Bonchev–Trinajstić information content (AvgIpc) is 2.39. The summed E-state index contributed by atoms with van der Waals surface area (Å²) in [5.41, 5.74) is 2.65. The Bertz CT molecular complexity index is 528. The maximum Gasteiger partial charge on any atom is 0.322 e. The molecular weight excluding hydrogens is 262 g/mol. The highest BCUT2D eigenvalue weighted by Crippen LogP contribution is 2.17. The molecule has 3 amide bonds. The Balaban J connectivity index is 2.42. The first kappa shape index (κ1) is 15.5. The normalized spacial score (nSPS) is 9.70. The lowest BCUT2D eigenvalue weighted by Gasteiger charge is -2.11. The molecule has 0 fully saturated rings. The summed E-state index contributed by atoms with van der Waals surface area (Å²) in [6, 6.07) is 4.98. The fourth-order valence-corrected chi connectivity index (χ4v) is 1.45. The Kier molecular flexibility index (Phi) is 5.52. The van der Waals surface area contributed by atoms with E-state index >= 15 is 0 Å². The number of carbonyl (C=O) groups is 3. The van der Waals surface area contributed by atoms with Crippen molar-refractivity contribution in [3.8, 4) is 0 Å². The lowest BCUT2D eigenvalue weighted by atomic mass is 10.1. The molecule has 0 radical (unpaired) electrons. The van der Waals surface area contributed by atoms with Gasteiger partial charge in [-0.1, -0.05) is 12.1 Å². The van der Waals surface area contributed by atoms with E-state index in [1.165, 1.54) is 0 Å². The number of rotatable bonds is 5. The number of urea groups is 1. The van der Waals surface area contributed by atoms with E-state index in [2.05, 4.69) is 16.0 Å². The minimum absolute atomic E-state index is 0.288. The molecule has 0 aliphatic heterocycles. The van der Waals surface area contributed by atoms with Crippen LogP contribution in [0.15, 0.2) is 18.2 Å². The summed E-state index contributed by atoms with van der Waals surface area (Å²) >= 11 is 0. The molecule has 0 bridgehead atoms. The van der Waals surface area contributed by atoms with Gasteiger partial charge in [-0.15, -0.1) is 0 Å². The number of benzene rings is 1. The van der Waals surface area contributed by atoms with Gasteiger partial charge in [0.2, 0.25) is 5.91 Å². The van der Waals surface area contributed by atoms with E-state index in [0.29, 0.717) is 5.69 Å². The van der Waals surface area contributed by atoms with Gasteiger partial charge in [-0.25, -0.2) is 4.79 Å². The van der Waals surface area contributed by atoms with E-state index in [9.17, 15) is 14.4 Å². The molecule has 0 aliphatic rings. The van der Waals surface area contributed by atoms with Gasteiger partial charge < -0.3 is 21.1 Å². The highest BCUT2D eigenvalue weighted by molar-refractivity contribution is 5.93. The van der Waals surface area contributed by atoms with Gasteiger partial charge in [0.25, 0.3) is 0 Å². The van der Waals surface area contributed by atoms with E-state index in [4.69, 9.17) is 5.11 Å². The summed E-state index contributed by atoms with van der Waals surface area (Å²) in [4.78, 5) is 33.0. The Morgan fingerprint density at radius 1 is 1.10 bits per heavy atom. The topological polar surface area (TPSA) is 108 Å². The molecule has 0 unspecified atom stereocenters. The second kappa shape index (κ2) is 7.13. The number of hydrogen-bond donors (Lipinski definition) is 4. The van der Waals surface area contributed by atoms with E-state index in [1.807, 2.05) is 26.0 Å². The lowest BCUT2D eigenvalue weighted by molar-refractivity contribution is -0.137. The van der Waals surface area contributed by atoms with Crippen LogP contribution in [0, 0.1) is 13.8 Å². The summed E-state index contributed by atoms with van der Waals surface area (Å²) < 4.78 is 0. The van der Waals surface area contributed by atoms with Gasteiger partial charge in [-0.3, -0.25) is 9.59 Å². The molecule has 0 atom stereocenters. The third-order valence-electron chi connectivity index (χ3n) is 2.70. The minimum atomic E-state index is -1.14. The zero-order chi connectivity index (χ0) is 15.1. The standard InChI is InChI=1S/C13H17N3O4/c1-8-4-3-5-10(9(8)2)16-13(20)15-6-11(17)14-7-12(18)19/h3-5H,6-7H2,1-2H3,(H,14,17)(H,18,19)(H2,15,16,20). The molecule has 0 aliphatic carbocycles. The van der Waals surface area contributed by atoms with Crippen molar-refractivity contribution >= 4 is 23.6 Å². The van der Waals surface area contributed by atoms with Crippen LogP contribution >= 0.6 is 0 Å². The van der Waals surface area contributed by atoms with Crippen LogP contribution in [0.4, 0.5) is 10.5 Å². The van der Waals surface area contributed by atoms with Gasteiger partial charge >= 0.3 is 12.0 Å². The monoisotopic (exact) mass is 279 g/mol. The molecule has 7 nitrogen and oxygen atoms in total. The third-order valence-corrected chi connectivity index (χ3v) is 2.70. The van der Waals surface area contributed by atoms with Crippen LogP contribution in [0.2, 0.25) is 0 Å². The van der Waals surface area contributed by atoms with Gasteiger partial charge in [0.1, 0.15) is 6.54 Å². The number of anilines is 1. The fourth-order valence-electron chi connectivity index (χ4n) is 1.45. The number of aliphatic carboxylic acids is 1. The largest absolute Gasteiger partial charge is 0.480 e. The van der Waals surface area contributed by atoms with Crippen LogP contribution < -0.4 is 16.0 Å². The van der Waals surface area contributed by atoms with Crippen molar-refractivity contribution < 1.29 is 19.5 Å². The summed E-state index contributed by atoms with van der Waals surface area (Å²) in [6.45, 7) is 3.05. The quantitative estimate of drug-likeness (QED) is 0.634. The third kappa shape index (κ3) is 4.97. The van der Waals surface area contributed by atoms with E-state index in [-0.39, 0.29) is 6.54 Å². The highest BCUT2D eigenvalue weighted by Gasteiger charge is 2.08. The van der Waals surface area contributed by atoms with Gasteiger partial charge in [0.05, 0.1) is 6.54 Å².